The molecule has 1 heterocycles. The van der Waals surface area contributed by atoms with Gasteiger partial charge in [-0.05, 0) is 12.0 Å². The predicted octanol–water partition coefficient (Wildman–Crippen LogP) is 1.55. The van der Waals surface area contributed by atoms with E-state index in [2.05, 4.69) is 16.4 Å². The van der Waals surface area contributed by atoms with E-state index in [9.17, 15) is 4.79 Å². The van der Waals surface area contributed by atoms with E-state index >= 15 is 0 Å². The van der Waals surface area contributed by atoms with Crippen molar-refractivity contribution in [3.05, 3.63) is 11.6 Å². The summed E-state index contributed by atoms with van der Waals surface area (Å²) in [5, 5.41) is 2.91. The average molecular weight is 194 g/mol. The minimum absolute atomic E-state index is 0.105. The van der Waals surface area contributed by atoms with Crippen LogP contribution in [0, 0.1) is 5.41 Å². The molecule has 14 heavy (non-hydrogen) atoms. The van der Waals surface area contributed by atoms with Crippen molar-refractivity contribution in [2.75, 3.05) is 13.1 Å². The molecule has 0 unspecified atom stereocenters. The molecule has 0 atom stereocenters. The maximum atomic E-state index is 11.5. The maximum absolute atomic E-state index is 11.5. The molecule has 1 aliphatic heterocycles. The summed E-state index contributed by atoms with van der Waals surface area (Å²) in [6, 6.07) is 0. The van der Waals surface area contributed by atoms with Crippen molar-refractivity contribution < 1.29 is 4.79 Å². The molecule has 0 aromatic heterocycles. The number of nitrogens with one attached hydrogen (secondary N) is 1. The van der Waals surface area contributed by atoms with Gasteiger partial charge in [0.05, 0.1) is 6.54 Å². The molecule has 0 aromatic rings. The van der Waals surface area contributed by atoms with Gasteiger partial charge in [-0.25, -0.2) is 0 Å². The predicted molar refractivity (Wildman–Crippen MR) is 58.5 cm³/mol. The molecule has 3 nitrogen and oxygen atoms in total. The van der Waals surface area contributed by atoms with Crippen LogP contribution >= 0.6 is 0 Å². The van der Waals surface area contributed by atoms with Crippen molar-refractivity contribution in [1.29, 1.82) is 0 Å². The number of hydrogen-bond donors (Lipinski definition) is 1. The first-order valence-corrected chi connectivity index (χ1v) is 4.97. The lowest BCUT2D eigenvalue weighted by Gasteiger charge is -2.17. The second-order valence-corrected chi connectivity index (χ2v) is 4.53. The van der Waals surface area contributed by atoms with Crippen molar-refractivity contribution in [2.24, 2.45) is 10.4 Å². The average Bonchev–Trinajstić information content (AvgIpc) is 2.55. The molecule has 0 fully saturated rings. The van der Waals surface area contributed by atoms with Crippen LogP contribution in [0.2, 0.25) is 0 Å². The fourth-order valence-corrected chi connectivity index (χ4v) is 1.14. The molecule has 0 aromatic carbocycles. The molecule has 0 saturated carbocycles. The molecular weight excluding hydrogens is 176 g/mol. The Bertz CT molecular complexity index is 272. The lowest BCUT2D eigenvalue weighted by Crippen LogP contribution is -2.35. The highest BCUT2D eigenvalue weighted by molar-refractivity contribution is 5.82. The summed E-state index contributed by atoms with van der Waals surface area (Å²) in [7, 11) is 0. The summed E-state index contributed by atoms with van der Waals surface area (Å²) < 4.78 is 0. The third-order valence-corrected chi connectivity index (χ3v) is 2.10. The number of rotatable bonds is 3. The van der Waals surface area contributed by atoms with Gasteiger partial charge in [0.2, 0.25) is 5.91 Å². The Balaban J connectivity index is 2.21. The first kappa shape index (κ1) is 11.0. The Hall–Kier alpha value is -1.12. The maximum Gasteiger partial charge on any atom is 0.225 e. The zero-order valence-corrected chi connectivity index (χ0v) is 9.13. The van der Waals surface area contributed by atoms with Crippen LogP contribution in [0.3, 0.4) is 0 Å². The second-order valence-electron chi connectivity index (χ2n) is 4.53. The lowest BCUT2D eigenvalue weighted by atomic mass is 9.95. The van der Waals surface area contributed by atoms with Gasteiger partial charge in [-0.2, -0.15) is 0 Å². The van der Waals surface area contributed by atoms with Crippen molar-refractivity contribution >= 4 is 12.1 Å². The smallest absolute Gasteiger partial charge is 0.225 e. The number of hydrogen-bond acceptors (Lipinski definition) is 2. The van der Waals surface area contributed by atoms with Gasteiger partial charge in [-0.1, -0.05) is 26.8 Å². The largest absolute Gasteiger partial charge is 0.355 e. The normalized spacial score (nSPS) is 15.5. The van der Waals surface area contributed by atoms with E-state index in [0.717, 1.165) is 13.0 Å². The minimum Gasteiger partial charge on any atom is -0.355 e. The van der Waals surface area contributed by atoms with Gasteiger partial charge < -0.3 is 5.32 Å². The van der Waals surface area contributed by atoms with Crippen LogP contribution in [0.5, 0.6) is 0 Å². The molecule has 3 heteroatoms. The van der Waals surface area contributed by atoms with Crippen LogP contribution in [0.25, 0.3) is 0 Å². The molecule has 0 radical (unpaired) electrons. The fraction of sp³-hybridized carbons (Fsp3) is 0.636. The molecule has 1 aliphatic rings. The van der Waals surface area contributed by atoms with Crippen LogP contribution in [-0.4, -0.2) is 25.2 Å². The molecule has 78 valence electrons. The van der Waals surface area contributed by atoms with Gasteiger partial charge in [-0.3, -0.25) is 9.79 Å². The zero-order valence-electron chi connectivity index (χ0n) is 9.13. The SMILES string of the molecule is CC(C)(C)C(=O)NCCC1=CCN=C1. The van der Waals surface area contributed by atoms with Crippen molar-refractivity contribution in [1.82, 2.24) is 5.32 Å². The molecule has 1 N–H and O–H groups in total. The van der Waals surface area contributed by atoms with Crippen molar-refractivity contribution in [2.45, 2.75) is 27.2 Å². The molecule has 0 aliphatic carbocycles. The fourth-order valence-electron chi connectivity index (χ4n) is 1.14. The van der Waals surface area contributed by atoms with Gasteiger partial charge >= 0.3 is 0 Å². The van der Waals surface area contributed by atoms with Gasteiger partial charge in [0, 0.05) is 18.2 Å². The summed E-state index contributed by atoms with van der Waals surface area (Å²) in [5.74, 6) is 0.105. The first-order valence-electron chi connectivity index (χ1n) is 4.97. The molecule has 0 bridgehead atoms. The Morgan fingerprint density at radius 2 is 2.29 bits per heavy atom. The van der Waals surface area contributed by atoms with Gasteiger partial charge in [0.25, 0.3) is 0 Å². The van der Waals surface area contributed by atoms with E-state index in [-0.39, 0.29) is 11.3 Å². The second kappa shape index (κ2) is 4.40. The lowest BCUT2D eigenvalue weighted by molar-refractivity contribution is -0.128. The highest BCUT2D eigenvalue weighted by Gasteiger charge is 2.20. The summed E-state index contributed by atoms with van der Waals surface area (Å²) in [6.45, 7) is 7.24. The highest BCUT2D eigenvalue weighted by Crippen LogP contribution is 2.12. The highest BCUT2D eigenvalue weighted by atomic mass is 16.2. The van der Waals surface area contributed by atoms with Crippen LogP contribution < -0.4 is 5.32 Å². The van der Waals surface area contributed by atoms with E-state index < -0.39 is 0 Å². The Morgan fingerprint density at radius 3 is 2.79 bits per heavy atom. The van der Waals surface area contributed by atoms with E-state index in [4.69, 9.17) is 0 Å². The van der Waals surface area contributed by atoms with E-state index in [1.165, 1.54) is 5.57 Å². The number of carbonyl (C=O) groups excluding carboxylic acids is 1. The van der Waals surface area contributed by atoms with Gasteiger partial charge in [-0.15, -0.1) is 0 Å². The van der Waals surface area contributed by atoms with E-state index in [0.29, 0.717) is 6.54 Å². The molecule has 0 spiro atoms. The van der Waals surface area contributed by atoms with Crippen LogP contribution in [0.1, 0.15) is 27.2 Å². The van der Waals surface area contributed by atoms with Crippen LogP contribution in [-0.2, 0) is 4.79 Å². The summed E-state index contributed by atoms with van der Waals surface area (Å²) in [6.07, 6.45) is 4.85. The zero-order chi connectivity index (χ0) is 10.6. The quantitative estimate of drug-likeness (QED) is 0.727. The molecular formula is C11H18N2O. The Kier molecular flexibility index (Phi) is 3.44. The summed E-state index contributed by atoms with van der Waals surface area (Å²) in [5.41, 5.74) is 0.928. The van der Waals surface area contributed by atoms with Gasteiger partial charge in [0.1, 0.15) is 0 Å². The van der Waals surface area contributed by atoms with Crippen LogP contribution in [0.4, 0.5) is 0 Å². The van der Waals surface area contributed by atoms with Crippen LogP contribution in [0.15, 0.2) is 16.6 Å². The Labute approximate surface area is 85.3 Å². The van der Waals surface area contributed by atoms with Crippen molar-refractivity contribution in [3.63, 3.8) is 0 Å². The number of carbonyl (C=O) groups is 1. The standard InChI is InChI=1S/C11H18N2O/c1-11(2,3)10(14)13-7-5-9-4-6-12-8-9/h4,8H,5-7H2,1-3H3,(H,13,14). The Morgan fingerprint density at radius 1 is 1.57 bits per heavy atom. The van der Waals surface area contributed by atoms with E-state index in [1.54, 1.807) is 0 Å². The number of aliphatic imine (C=N–C) groups is 1. The monoisotopic (exact) mass is 194 g/mol. The number of amides is 1. The minimum atomic E-state index is -0.294. The summed E-state index contributed by atoms with van der Waals surface area (Å²) in [4.78, 5) is 15.6. The summed E-state index contributed by atoms with van der Waals surface area (Å²) >= 11 is 0. The molecule has 1 amide bonds. The van der Waals surface area contributed by atoms with Crippen molar-refractivity contribution in [3.8, 4) is 0 Å². The topological polar surface area (TPSA) is 41.5 Å². The van der Waals surface area contributed by atoms with Gasteiger partial charge in [0.15, 0.2) is 0 Å². The third-order valence-electron chi connectivity index (χ3n) is 2.10. The first-order chi connectivity index (χ1) is 6.50. The molecule has 1 rings (SSSR count). The number of nitrogens with zero attached hydrogens (tertiary/aromatic N) is 1. The molecule has 0 saturated heterocycles. The van der Waals surface area contributed by atoms with E-state index in [1.807, 2.05) is 27.0 Å². The third kappa shape index (κ3) is 3.32.